The molecule has 1 aliphatic heterocycles. The largest absolute Gasteiger partial charge is 0.478 e. The topological polar surface area (TPSA) is 74.7 Å². The van der Waals surface area contributed by atoms with Gasteiger partial charge < -0.3 is 5.11 Å². The van der Waals surface area contributed by atoms with Gasteiger partial charge in [0.1, 0.15) is 0 Å². The van der Waals surface area contributed by atoms with Gasteiger partial charge in [-0.05, 0) is 48.9 Å². The van der Waals surface area contributed by atoms with E-state index in [9.17, 15) is 19.5 Å². The summed E-state index contributed by atoms with van der Waals surface area (Å²) in [5.41, 5.74) is 3.13. The zero-order chi connectivity index (χ0) is 20.6. The zero-order valence-corrected chi connectivity index (χ0v) is 16.3. The lowest BCUT2D eigenvalue weighted by Gasteiger charge is -2.25. The third-order valence-electron chi connectivity index (χ3n) is 5.16. The molecule has 5 heteroatoms. The van der Waals surface area contributed by atoms with Gasteiger partial charge in [-0.1, -0.05) is 50.3 Å². The number of nitrogens with zero attached hydrogens (tertiary/aromatic N) is 1. The molecule has 1 N–H and O–H groups in total. The number of amides is 2. The molecule has 0 aromatic heterocycles. The lowest BCUT2D eigenvalue weighted by molar-refractivity contribution is 0.0692. The quantitative estimate of drug-likeness (QED) is 0.579. The van der Waals surface area contributed by atoms with Crippen LogP contribution >= 0.6 is 0 Å². The van der Waals surface area contributed by atoms with Crippen molar-refractivity contribution in [3.63, 3.8) is 0 Å². The minimum atomic E-state index is -1.22. The number of carboxylic acids is 1. The predicted molar refractivity (Wildman–Crippen MR) is 108 cm³/mol. The normalized spacial score (nSPS) is 14.2. The van der Waals surface area contributed by atoms with Crippen molar-refractivity contribution in [2.45, 2.75) is 39.5 Å². The molecule has 5 nitrogen and oxygen atoms in total. The molecule has 1 aliphatic rings. The number of hydrogen-bond acceptors (Lipinski definition) is 3. The Hall–Kier alpha value is -3.21. The van der Waals surface area contributed by atoms with Crippen LogP contribution in [-0.2, 0) is 6.42 Å². The average Bonchev–Trinajstić information content (AvgIpc) is 2.91. The van der Waals surface area contributed by atoms with Crippen LogP contribution in [0.1, 0.15) is 75.3 Å². The number of aromatic carboxylic acids is 1. The van der Waals surface area contributed by atoms with E-state index in [4.69, 9.17) is 0 Å². The summed E-state index contributed by atoms with van der Waals surface area (Å²) in [6, 6.07) is 10.1. The van der Waals surface area contributed by atoms with Crippen LogP contribution < -0.4 is 4.90 Å². The van der Waals surface area contributed by atoms with Gasteiger partial charge in [-0.15, -0.1) is 0 Å². The number of fused-ring (bicyclic) bond motifs is 1. The summed E-state index contributed by atoms with van der Waals surface area (Å²) < 4.78 is 0. The van der Waals surface area contributed by atoms with Crippen molar-refractivity contribution in [2.24, 2.45) is 0 Å². The molecule has 2 aromatic rings. The lowest BCUT2D eigenvalue weighted by atomic mass is 9.91. The summed E-state index contributed by atoms with van der Waals surface area (Å²) in [5.74, 6) is -2.17. The van der Waals surface area contributed by atoms with E-state index in [0.717, 1.165) is 28.0 Å². The van der Waals surface area contributed by atoms with Crippen LogP contribution in [0, 0.1) is 0 Å². The van der Waals surface area contributed by atoms with Crippen molar-refractivity contribution < 1.29 is 19.5 Å². The molecule has 2 aromatic carbocycles. The Morgan fingerprint density at radius 1 is 1.14 bits per heavy atom. The number of allylic oxidation sites excluding steroid dienone is 1. The molecule has 0 radical (unpaired) electrons. The summed E-state index contributed by atoms with van der Waals surface area (Å²) in [5, 5.41) is 9.47. The first-order valence-corrected chi connectivity index (χ1v) is 9.29. The van der Waals surface area contributed by atoms with Gasteiger partial charge in [-0.25, -0.2) is 9.69 Å². The maximum absolute atomic E-state index is 13.3. The maximum Gasteiger partial charge on any atom is 0.336 e. The van der Waals surface area contributed by atoms with E-state index < -0.39 is 17.8 Å². The van der Waals surface area contributed by atoms with Crippen LogP contribution in [0.4, 0.5) is 5.69 Å². The minimum Gasteiger partial charge on any atom is -0.478 e. The van der Waals surface area contributed by atoms with Crippen LogP contribution in [0.3, 0.4) is 0 Å². The highest BCUT2D eigenvalue weighted by atomic mass is 16.4. The number of carbonyl (C=O) groups is 3. The van der Waals surface area contributed by atoms with Gasteiger partial charge >= 0.3 is 5.97 Å². The number of carbonyl (C=O) groups excluding carboxylic acids is 2. The molecular weight excluding hydrogens is 354 g/mol. The van der Waals surface area contributed by atoms with Crippen LogP contribution in [-0.4, -0.2) is 22.9 Å². The molecule has 1 unspecified atom stereocenters. The smallest absolute Gasteiger partial charge is 0.336 e. The van der Waals surface area contributed by atoms with Gasteiger partial charge in [0.25, 0.3) is 11.8 Å². The number of hydrogen-bond donors (Lipinski definition) is 1. The summed E-state index contributed by atoms with van der Waals surface area (Å²) in [6.45, 7) is 9.95. The number of imide groups is 1. The van der Waals surface area contributed by atoms with Crippen LogP contribution in [0.5, 0.6) is 0 Å². The van der Waals surface area contributed by atoms with Crippen molar-refractivity contribution in [2.75, 3.05) is 4.90 Å². The van der Waals surface area contributed by atoms with E-state index >= 15 is 0 Å². The fourth-order valence-electron chi connectivity index (χ4n) is 3.64. The fraction of sp³-hybridized carbons (Fsp3) is 0.261. The highest BCUT2D eigenvalue weighted by Gasteiger charge is 2.41. The molecule has 0 bridgehead atoms. The Morgan fingerprint density at radius 3 is 2.43 bits per heavy atom. The Labute approximate surface area is 164 Å². The van der Waals surface area contributed by atoms with E-state index in [2.05, 4.69) is 6.58 Å². The number of para-hydroxylation sites is 1. The third kappa shape index (κ3) is 3.13. The van der Waals surface area contributed by atoms with Gasteiger partial charge in [0.05, 0.1) is 22.4 Å². The summed E-state index contributed by atoms with van der Waals surface area (Å²) in [4.78, 5) is 39.2. The minimum absolute atomic E-state index is 0.0415. The highest BCUT2D eigenvalue weighted by molar-refractivity contribution is 6.36. The molecule has 28 heavy (non-hydrogen) atoms. The van der Waals surface area contributed by atoms with E-state index in [1.807, 2.05) is 39.0 Å². The molecule has 1 heterocycles. The fourth-order valence-corrected chi connectivity index (χ4v) is 3.64. The zero-order valence-electron chi connectivity index (χ0n) is 16.3. The maximum atomic E-state index is 13.3. The summed E-state index contributed by atoms with van der Waals surface area (Å²) in [6.07, 6.45) is 1.37. The number of anilines is 1. The van der Waals surface area contributed by atoms with E-state index in [1.165, 1.54) is 18.2 Å². The second-order valence-corrected chi connectivity index (χ2v) is 7.28. The number of rotatable bonds is 6. The van der Waals surface area contributed by atoms with Gasteiger partial charge in [-0.3, -0.25) is 9.59 Å². The molecule has 144 valence electrons. The van der Waals surface area contributed by atoms with Crippen LogP contribution in [0.15, 0.2) is 48.6 Å². The standard InChI is InChI=1S/C23H23NO4/c1-5-14(4)16-9-6-8-15(12-13(2)3)20(16)24-21(25)17-10-7-11-18(23(27)28)19(17)22(24)26/h6-11,14H,2,5,12H2,1,3-4H3,(H,27,28). The van der Waals surface area contributed by atoms with Crippen molar-refractivity contribution in [3.8, 4) is 0 Å². The summed E-state index contributed by atoms with van der Waals surface area (Å²) >= 11 is 0. The molecule has 1 atom stereocenters. The Balaban J connectivity index is 2.25. The van der Waals surface area contributed by atoms with E-state index in [-0.39, 0.29) is 22.6 Å². The molecule has 0 saturated heterocycles. The van der Waals surface area contributed by atoms with Gasteiger partial charge in [0, 0.05) is 0 Å². The highest BCUT2D eigenvalue weighted by Crippen LogP contribution is 2.39. The van der Waals surface area contributed by atoms with Gasteiger partial charge in [-0.2, -0.15) is 0 Å². The molecule has 0 spiro atoms. The number of benzene rings is 2. The second kappa shape index (κ2) is 7.43. The molecular formula is C23H23NO4. The van der Waals surface area contributed by atoms with Gasteiger partial charge in [0.2, 0.25) is 0 Å². The van der Waals surface area contributed by atoms with Crippen molar-refractivity contribution >= 4 is 23.5 Å². The molecule has 0 aliphatic carbocycles. The monoisotopic (exact) mass is 377 g/mol. The van der Waals surface area contributed by atoms with Gasteiger partial charge in [0.15, 0.2) is 0 Å². The van der Waals surface area contributed by atoms with E-state index in [1.54, 1.807) is 0 Å². The summed E-state index contributed by atoms with van der Waals surface area (Å²) in [7, 11) is 0. The Morgan fingerprint density at radius 2 is 1.82 bits per heavy atom. The third-order valence-corrected chi connectivity index (χ3v) is 5.16. The Bertz CT molecular complexity index is 1010. The number of carboxylic acid groups (broad SMARTS) is 1. The average molecular weight is 377 g/mol. The van der Waals surface area contributed by atoms with Crippen molar-refractivity contribution in [1.29, 1.82) is 0 Å². The SMILES string of the molecule is C=C(C)Cc1cccc(C(C)CC)c1N1C(=O)c2cccc(C(=O)O)c2C1=O. The van der Waals surface area contributed by atoms with Crippen LogP contribution in [0.25, 0.3) is 0 Å². The second-order valence-electron chi connectivity index (χ2n) is 7.28. The van der Waals surface area contributed by atoms with Crippen molar-refractivity contribution in [3.05, 3.63) is 76.4 Å². The first-order valence-electron chi connectivity index (χ1n) is 9.29. The predicted octanol–water partition coefficient (Wildman–Crippen LogP) is 4.82. The lowest BCUT2D eigenvalue weighted by Crippen LogP contribution is -2.32. The molecule has 0 fully saturated rings. The molecule has 0 saturated carbocycles. The first kappa shape index (κ1) is 19.5. The Kier molecular flexibility index (Phi) is 5.18. The van der Waals surface area contributed by atoms with Crippen LogP contribution in [0.2, 0.25) is 0 Å². The van der Waals surface area contributed by atoms with E-state index in [0.29, 0.717) is 12.1 Å². The molecule has 3 rings (SSSR count). The van der Waals surface area contributed by atoms with Crippen molar-refractivity contribution in [1.82, 2.24) is 0 Å². The molecule has 2 amide bonds. The first-order chi connectivity index (χ1) is 13.3.